The summed E-state index contributed by atoms with van der Waals surface area (Å²) in [5, 5.41) is 26.8. The molecule has 2 aromatic rings. The van der Waals surface area contributed by atoms with Gasteiger partial charge in [-0.2, -0.15) is 0 Å². The van der Waals surface area contributed by atoms with Gasteiger partial charge in [-0.25, -0.2) is 8.42 Å². The summed E-state index contributed by atoms with van der Waals surface area (Å²) in [4.78, 5) is 22.2. The number of amides is 1. The lowest BCUT2D eigenvalue weighted by Crippen LogP contribution is -2.19. The maximum Gasteiger partial charge on any atom is 0.350 e. The number of methoxy groups -OCH3 is 1. The summed E-state index contributed by atoms with van der Waals surface area (Å²) in [6.07, 6.45) is 1.02. The molecule has 1 aromatic heterocycles. The Balaban J connectivity index is 2.20. The highest BCUT2D eigenvalue weighted by Crippen LogP contribution is 2.27. The van der Waals surface area contributed by atoms with Crippen LogP contribution in [0, 0.1) is 10.1 Å². The Morgan fingerprint density at radius 2 is 2.15 bits per heavy atom. The van der Waals surface area contributed by atoms with E-state index in [0.717, 1.165) is 23.0 Å². The van der Waals surface area contributed by atoms with E-state index >= 15 is 0 Å². The van der Waals surface area contributed by atoms with Gasteiger partial charge in [-0.05, 0) is 18.2 Å². The van der Waals surface area contributed by atoms with Crippen LogP contribution in [0.3, 0.4) is 0 Å². The van der Waals surface area contributed by atoms with Gasteiger partial charge in [0.2, 0.25) is 5.91 Å². The van der Waals surface area contributed by atoms with Crippen LogP contribution in [0.2, 0.25) is 0 Å². The number of anilines is 1. The van der Waals surface area contributed by atoms with Gasteiger partial charge in [-0.1, -0.05) is 6.92 Å². The van der Waals surface area contributed by atoms with Crippen molar-refractivity contribution in [2.75, 3.05) is 18.2 Å². The monoisotopic (exact) mass is 384 g/mol. The second-order valence-corrected chi connectivity index (χ2v) is 7.39. The fourth-order valence-electron chi connectivity index (χ4n) is 2.06. The van der Waals surface area contributed by atoms with Gasteiger partial charge < -0.3 is 15.2 Å². The zero-order chi connectivity index (χ0) is 19.5. The zero-order valence-electron chi connectivity index (χ0n) is 13.9. The lowest BCUT2D eigenvalue weighted by Gasteiger charge is -2.09. The molecule has 11 nitrogen and oxygen atoms in total. The summed E-state index contributed by atoms with van der Waals surface area (Å²) >= 11 is 0. The van der Waals surface area contributed by atoms with E-state index in [4.69, 9.17) is 4.74 Å². The molecule has 26 heavy (non-hydrogen) atoms. The number of hydrogen-bond acceptors (Lipinski definition) is 8. The minimum atomic E-state index is -3.52. The number of nitro groups is 1. The number of carbonyl (C=O) groups is 1. The van der Waals surface area contributed by atoms with Crippen molar-refractivity contribution in [3.05, 3.63) is 34.5 Å². The number of phenols is 1. The first-order chi connectivity index (χ1) is 12.2. The molecule has 0 unspecified atom stereocenters. The molecule has 2 N–H and O–H groups in total. The number of benzene rings is 1. The summed E-state index contributed by atoms with van der Waals surface area (Å²) in [5.74, 6) is -1.38. The number of aromatic nitrogens is 2. The molecule has 0 aliphatic rings. The van der Waals surface area contributed by atoms with Crippen LogP contribution in [0.5, 0.6) is 11.6 Å². The molecule has 0 fully saturated rings. The molecular weight excluding hydrogens is 368 g/mol. The normalized spacial score (nSPS) is 11.2. The highest BCUT2D eigenvalue weighted by atomic mass is 32.2. The second-order valence-electron chi connectivity index (χ2n) is 5.11. The van der Waals surface area contributed by atoms with Gasteiger partial charge in [0.05, 0.1) is 28.4 Å². The molecule has 0 bridgehead atoms. The summed E-state index contributed by atoms with van der Waals surface area (Å²) in [6, 6.07) is 3.52. The van der Waals surface area contributed by atoms with E-state index in [9.17, 15) is 28.4 Å². The summed E-state index contributed by atoms with van der Waals surface area (Å²) in [6.45, 7) is 1.06. The van der Waals surface area contributed by atoms with Crippen LogP contribution in [0.4, 0.5) is 11.4 Å². The van der Waals surface area contributed by atoms with E-state index in [2.05, 4.69) is 10.4 Å². The van der Waals surface area contributed by atoms with Crippen molar-refractivity contribution >= 4 is 27.1 Å². The molecule has 0 aliphatic carbocycles. The number of carbonyl (C=O) groups excluding carboxylic acids is 1. The number of sulfone groups is 1. The molecule has 0 saturated carbocycles. The summed E-state index contributed by atoms with van der Waals surface area (Å²) < 4.78 is 29.5. The standard InChI is InChI=1S/C14H16N4O7S/c1-3-26(23,24)9-4-5-12(19)10(6-9)15-13(20)8-17-7-11(18(21)22)14(16-17)25-2/h4-7,19H,3,8H2,1-2H3,(H,15,20). The molecule has 0 saturated heterocycles. The number of rotatable bonds is 7. The summed E-state index contributed by atoms with van der Waals surface area (Å²) in [5.41, 5.74) is -0.502. The average Bonchev–Trinajstić information content (AvgIpc) is 2.99. The molecule has 2 rings (SSSR count). The second kappa shape index (κ2) is 7.39. The van der Waals surface area contributed by atoms with Crippen molar-refractivity contribution in [1.29, 1.82) is 0 Å². The van der Waals surface area contributed by atoms with Crippen LogP contribution in [0.15, 0.2) is 29.3 Å². The highest BCUT2D eigenvalue weighted by molar-refractivity contribution is 7.91. The van der Waals surface area contributed by atoms with Crippen LogP contribution in [0.1, 0.15) is 6.92 Å². The average molecular weight is 384 g/mol. The Morgan fingerprint density at radius 3 is 2.69 bits per heavy atom. The van der Waals surface area contributed by atoms with Crippen LogP contribution in [0.25, 0.3) is 0 Å². The Kier molecular flexibility index (Phi) is 5.45. The number of hydrogen-bond donors (Lipinski definition) is 2. The molecule has 0 atom stereocenters. The van der Waals surface area contributed by atoms with Crippen LogP contribution < -0.4 is 10.1 Å². The van der Waals surface area contributed by atoms with Gasteiger partial charge in [-0.15, -0.1) is 5.10 Å². The van der Waals surface area contributed by atoms with E-state index < -0.39 is 32.9 Å². The molecule has 0 radical (unpaired) electrons. The predicted molar refractivity (Wildman–Crippen MR) is 89.9 cm³/mol. The highest BCUT2D eigenvalue weighted by Gasteiger charge is 2.21. The van der Waals surface area contributed by atoms with E-state index in [-0.39, 0.29) is 28.0 Å². The van der Waals surface area contributed by atoms with Gasteiger partial charge >= 0.3 is 11.6 Å². The van der Waals surface area contributed by atoms with Crippen LogP contribution in [-0.2, 0) is 21.2 Å². The maximum absolute atomic E-state index is 12.1. The Hall–Kier alpha value is -3.15. The largest absolute Gasteiger partial charge is 0.506 e. The number of nitrogens with zero attached hydrogens (tertiary/aromatic N) is 3. The smallest absolute Gasteiger partial charge is 0.350 e. The first kappa shape index (κ1) is 19.2. The van der Waals surface area contributed by atoms with Gasteiger partial charge in [0.1, 0.15) is 18.5 Å². The number of aromatic hydroxyl groups is 1. The fraction of sp³-hybridized carbons (Fsp3) is 0.286. The molecule has 1 heterocycles. The van der Waals surface area contributed by atoms with Gasteiger partial charge in [-0.3, -0.25) is 19.6 Å². The Labute approximate surface area is 148 Å². The van der Waals surface area contributed by atoms with Gasteiger partial charge in [0.25, 0.3) is 0 Å². The molecule has 12 heteroatoms. The third kappa shape index (κ3) is 4.08. The number of phenolic OH excluding ortho intramolecular Hbond substituents is 1. The lowest BCUT2D eigenvalue weighted by atomic mass is 10.3. The predicted octanol–water partition coefficient (Wildman–Crippen LogP) is 0.938. The van der Waals surface area contributed by atoms with E-state index in [1.54, 1.807) is 0 Å². The third-order valence-corrected chi connectivity index (χ3v) is 5.12. The first-order valence-electron chi connectivity index (χ1n) is 7.29. The molecule has 0 spiro atoms. The fourth-order valence-corrected chi connectivity index (χ4v) is 2.96. The third-order valence-electron chi connectivity index (χ3n) is 3.39. The van der Waals surface area contributed by atoms with Crippen molar-refractivity contribution < 1.29 is 28.0 Å². The van der Waals surface area contributed by atoms with Crippen molar-refractivity contribution in [3.63, 3.8) is 0 Å². The Bertz CT molecular complexity index is 952. The van der Waals surface area contributed by atoms with Crippen molar-refractivity contribution in [2.24, 2.45) is 0 Å². The van der Waals surface area contributed by atoms with Crippen molar-refractivity contribution in [1.82, 2.24) is 9.78 Å². The molecule has 1 amide bonds. The molecule has 0 aliphatic heterocycles. The van der Waals surface area contributed by atoms with E-state index in [1.807, 2.05) is 0 Å². The first-order valence-corrected chi connectivity index (χ1v) is 8.94. The number of nitrogens with one attached hydrogen (secondary N) is 1. The lowest BCUT2D eigenvalue weighted by molar-refractivity contribution is -0.385. The molecule has 140 valence electrons. The molecule has 1 aromatic carbocycles. The van der Waals surface area contributed by atoms with Crippen LogP contribution >= 0.6 is 0 Å². The van der Waals surface area contributed by atoms with E-state index in [0.29, 0.717) is 0 Å². The number of ether oxygens (including phenoxy) is 1. The van der Waals surface area contributed by atoms with E-state index in [1.165, 1.54) is 20.1 Å². The van der Waals surface area contributed by atoms with Gasteiger partial charge in [0, 0.05) is 0 Å². The van der Waals surface area contributed by atoms with Gasteiger partial charge in [0.15, 0.2) is 9.84 Å². The van der Waals surface area contributed by atoms with Crippen molar-refractivity contribution in [3.8, 4) is 11.6 Å². The van der Waals surface area contributed by atoms with Crippen molar-refractivity contribution in [2.45, 2.75) is 18.4 Å². The molecular formula is C14H16N4O7S. The van der Waals surface area contributed by atoms with Crippen LogP contribution in [-0.4, -0.2) is 47.0 Å². The topological polar surface area (TPSA) is 154 Å². The zero-order valence-corrected chi connectivity index (χ0v) is 14.7. The minimum absolute atomic E-state index is 0.0514. The maximum atomic E-state index is 12.1. The summed E-state index contributed by atoms with van der Waals surface area (Å²) in [7, 11) is -2.31. The minimum Gasteiger partial charge on any atom is -0.506 e. The Morgan fingerprint density at radius 1 is 1.46 bits per heavy atom. The quantitative estimate of drug-likeness (QED) is 0.406. The SMILES string of the molecule is CCS(=O)(=O)c1ccc(O)c(NC(=O)Cn2cc([N+](=O)[O-])c(OC)n2)c1.